The van der Waals surface area contributed by atoms with Gasteiger partial charge >= 0.3 is 0 Å². The van der Waals surface area contributed by atoms with Crippen LogP contribution in [-0.4, -0.2) is 59.7 Å². The lowest BCUT2D eigenvalue weighted by molar-refractivity contribution is -0.152. The molecule has 0 spiro atoms. The summed E-state index contributed by atoms with van der Waals surface area (Å²) in [5.41, 5.74) is 10.4. The molecule has 4 heterocycles. The number of aromatic nitrogens is 5. The topological polar surface area (TPSA) is 115 Å². The Labute approximate surface area is 214 Å². The molecule has 3 aromatic heterocycles. The lowest BCUT2D eigenvalue weighted by Gasteiger charge is -2.47. The normalized spacial score (nSPS) is 17.9. The zero-order valence-corrected chi connectivity index (χ0v) is 21.3. The Hall–Kier alpha value is -4.21. The second kappa shape index (κ2) is 8.43. The molecule has 1 aliphatic carbocycles. The summed E-state index contributed by atoms with van der Waals surface area (Å²) >= 11 is 0. The Kier molecular flexibility index (Phi) is 5.29. The van der Waals surface area contributed by atoms with Gasteiger partial charge in [-0.2, -0.15) is 10.2 Å². The van der Waals surface area contributed by atoms with E-state index < -0.39 is 5.54 Å². The van der Waals surface area contributed by atoms with Crippen molar-refractivity contribution in [1.29, 1.82) is 0 Å². The number of fused-ring (bicyclic) bond motifs is 1. The van der Waals surface area contributed by atoms with E-state index in [1.165, 1.54) is 6.33 Å². The molecule has 1 saturated heterocycles. The molecule has 37 heavy (non-hydrogen) atoms. The van der Waals surface area contributed by atoms with Crippen LogP contribution in [0.1, 0.15) is 33.1 Å². The van der Waals surface area contributed by atoms with Crippen LogP contribution in [0.4, 0.5) is 11.5 Å². The highest BCUT2D eigenvalue weighted by atomic mass is 16.2. The molecule has 6 rings (SSSR count). The fourth-order valence-electron chi connectivity index (χ4n) is 5.42. The largest absolute Gasteiger partial charge is 0.382 e. The number of aryl methyl sites for hydroxylation is 1. The van der Waals surface area contributed by atoms with Gasteiger partial charge in [-0.1, -0.05) is 18.6 Å². The van der Waals surface area contributed by atoms with Crippen LogP contribution in [0.5, 0.6) is 0 Å². The summed E-state index contributed by atoms with van der Waals surface area (Å²) in [5.74, 6) is 0.470. The molecule has 0 bridgehead atoms. The number of nitrogen functional groups attached to an aromatic ring is 1. The number of amides is 2. The summed E-state index contributed by atoms with van der Waals surface area (Å²) in [6.07, 6.45) is 8.08. The van der Waals surface area contributed by atoms with E-state index in [0.717, 1.165) is 47.3 Å². The average Bonchev–Trinajstić information content (AvgIpc) is 3.44. The second-order valence-electron chi connectivity index (χ2n) is 10.4. The molecule has 2 amide bonds. The Balaban J connectivity index is 1.37. The number of nitrogens with zero attached hydrogens (tertiary/aromatic N) is 7. The summed E-state index contributed by atoms with van der Waals surface area (Å²) < 4.78 is 3.52. The fraction of sp³-hybridized carbons (Fsp3) is 0.370. The van der Waals surface area contributed by atoms with Crippen molar-refractivity contribution in [1.82, 2.24) is 29.3 Å². The Morgan fingerprint density at radius 2 is 1.92 bits per heavy atom. The quantitative estimate of drug-likeness (QED) is 0.462. The van der Waals surface area contributed by atoms with Gasteiger partial charge in [-0.15, -0.1) is 0 Å². The van der Waals surface area contributed by atoms with E-state index in [2.05, 4.69) is 15.2 Å². The highest BCUT2D eigenvalue weighted by Gasteiger charge is 2.46. The Bertz CT molecular complexity index is 1530. The Morgan fingerprint density at radius 1 is 1.11 bits per heavy atom. The molecule has 4 aromatic rings. The maximum Gasteiger partial charge on any atom is 0.252 e. The number of hydrogen-bond donors (Lipinski definition) is 1. The van der Waals surface area contributed by atoms with Crippen LogP contribution in [0.25, 0.3) is 27.9 Å². The minimum atomic E-state index is -0.905. The van der Waals surface area contributed by atoms with Gasteiger partial charge in [-0.05, 0) is 44.9 Å². The highest BCUT2D eigenvalue weighted by Crippen LogP contribution is 2.37. The summed E-state index contributed by atoms with van der Waals surface area (Å²) in [4.78, 5) is 34.5. The standard InChI is InChI=1S/C27H30N8O2/c1-27(2)26(37)33(10-11-34(27)25(36)17-6-4-7-17)20-9-5-8-18(12-20)22-13-21(19-14-30-32(3)15-19)23-24(28)29-16-31-35(22)23/h5,8-9,12-17H,4,6-7,10-11H2,1-3H3,(H2,28,29,31). The zero-order valence-electron chi connectivity index (χ0n) is 21.3. The van der Waals surface area contributed by atoms with Crippen LogP contribution in [-0.2, 0) is 16.6 Å². The number of carbonyl (C=O) groups excluding carboxylic acids is 2. The first-order valence-corrected chi connectivity index (χ1v) is 12.6. The average molecular weight is 499 g/mol. The smallest absolute Gasteiger partial charge is 0.252 e. The molecule has 1 aromatic carbocycles. The maximum absolute atomic E-state index is 13.7. The molecule has 1 aliphatic heterocycles. The van der Waals surface area contributed by atoms with Gasteiger partial charge in [-0.25, -0.2) is 9.50 Å². The molecular weight excluding hydrogens is 468 g/mol. The number of anilines is 2. The fourth-order valence-corrected chi connectivity index (χ4v) is 5.42. The van der Waals surface area contributed by atoms with Gasteiger partial charge in [-0.3, -0.25) is 14.3 Å². The Morgan fingerprint density at radius 3 is 2.62 bits per heavy atom. The minimum absolute atomic E-state index is 0.0630. The first-order valence-electron chi connectivity index (χ1n) is 12.6. The van der Waals surface area contributed by atoms with E-state index in [-0.39, 0.29) is 17.7 Å². The molecule has 2 fully saturated rings. The van der Waals surface area contributed by atoms with Crippen LogP contribution in [0.2, 0.25) is 0 Å². The van der Waals surface area contributed by atoms with Gasteiger partial charge in [0.05, 0.1) is 11.9 Å². The number of nitrogens with two attached hydrogens (primary N) is 1. The SMILES string of the molecule is Cn1cc(-c2cc(-c3cccc(N4CCN(C(=O)C5CCC5)C(C)(C)C4=O)c3)n3ncnc(N)c23)cn1. The lowest BCUT2D eigenvalue weighted by Crippen LogP contribution is -2.66. The third-order valence-electron chi connectivity index (χ3n) is 7.76. The summed E-state index contributed by atoms with van der Waals surface area (Å²) in [6.45, 7) is 4.67. The van der Waals surface area contributed by atoms with Crippen molar-refractivity contribution in [2.24, 2.45) is 13.0 Å². The molecule has 0 atom stereocenters. The minimum Gasteiger partial charge on any atom is -0.382 e. The van der Waals surface area contributed by atoms with Gasteiger partial charge in [0.25, 0.3) is 5.91 Å². The molecule has 10 heteroatoms. The molecule has 2 N–H and O–H groups in total. The predicted molar refractivity (Wildman–Crippen MR) is 141 cm³/mol. The summed E-state index contributed by atoms with van der Waals surface area (Å²) in [6, 6.07) is 9.87. The van der Waals surface area contributed by atoms with Crippen molar-refractivity contribution in [3.05, 3.63) is 49.1 Å². The van der Waals surface area contributed by atoms with Crippen LogP contribution < -0.4 is 10.6 Å². The van der Waals surface area contributed by atoms with Gasteiger partial charge in [0, 0.05) is 54.6 Å². The van der Waals surface area contributed by atoms with Crippen LogP contribution in [0, 0.1) is 5.92 Å². The van der Waals surface area contributed by atoms with Gasteiger partial charge in [0.1, 0.15) is 17.4 Å². The third kappa shape index (κ3) is 3.66. The van der Waals surface area contributed by atoms with E-state index in [1.807, 2.05) is 57.4 Å². The van der Waals surface area contributed by atoms with Crippen molar-refractivity contribution in [3.8, 4) is 22.4 Å². The molecule has 0 radical (unpaired) electrons. The van der Waals surface area contributed by atoms with Crippen molar-refractivity contribution in [3.63, 3.8) is 0 Å². The second-order valence-corrected chi connectivity index (χ2v) is 10.4. The number of piperazine rings is 1. The summed E-state index contributed by atoms with van der Waals surface area (Å²) in [5, 5.41) is 8.79. The van der Waals surface area contributed by atoms with E-state index in [1.54, 1.807) is 25.2 Å². The molecular formula is C27H30N8O2. The lowest BCUT2D eigenvalue weighted by atomic mass is 9.82. The van der Waals surface area contributed by atoms with E-state index in [0.29, 0.717) is 24.4 Å². The van der Waals surface area contributed by atoms with E-state index in [9.17, 15) is 9.59 Å². The predicted octanol–water partition coefficient (Wildman–Crippen LogP) is 3.13. The van der Waals surface area contributed by atoms with E-state index in [4.69, 9.17) is 5.73 Å². The molecule has 190 valence electrons. The number of benzene rings is 1. The zero-order chi connectivity index (χ0) is 25.9. The first-order chi connectivity index (χ1) is 17.8. The van der Waals surface area contributed by atoms with Gasteiger partial charge in [0.2, 0.25) is 5.91 Å². The highest BCUT2D eigenvalue weighted by molar-refractivity contribution is 6.03. The monoisotopic (exact) mass is 498 g/mol. The van der Waals surface area contributed by atoms with Gasteiger partial charge in [0.15, 0.2) is 5.82 Å². The molecule has 1 saturated carbocycles. The molecule has 0 unspecified atom stereocenters. The van der Waals surface area contributed by atoms with Crippen molar-refractivity contribution in [2.75, 3.05) is 23.7 Å². The molecule has 2 aliphatic rings. The van der Waals surface area contributed by atoms with Crippen molar-refractivity contribution >= 4 is 28.8 Å². The van der Waals surface area contributed by atoms with Crippen LogP contribution >= 0.6 is 0 Å². The number of rotatable bonds is 4. The summed E-state index contributed by atoms with van der Waals surface area (Å²) in [7, 11) is 1.87. The first kappa shape index (κ1) is 23.2. The van der Waals surface area contributed by atoms with Crippen molar-refractivity contribution < 1.29 is 9.59 Å². The number of carbonyl (C=O) groups is 2. The van der Waals surface area contributed by atoms with Crippen LogP contribution in [0.3, 0.4) is 0 Å². The van der Waals surface area contributed by atoms with Gasteiger partial charge < -0.3 is 15.5 Å². The number of hydrogen-bond acceptors (Lipinski definition) is 6. The van der Waals surface area contributed by atoms with E-state index >= 15 is 0 Å². The molecule has 10 nitrogen and oxygen atoms in total. The van der Waals surface area contributed by atoms with Crippen LogP contribution in [0.15, 0.2) is 49.1 Å². The third-order valence-corrected chi connectivity index (χ3v) is 7.76. The van der Waals surface area contributed by atoms with Crippen molar-refractivity contribution in [2.45, 2.75) is 38.6 Å². The maximum atomic E-state index is 13.7.